The summed E-state index contributed by atoms with van der Waals surface area (Å²) < 4.78 is 10.5. The minimum Gasteiger partial charge on any atom is -0.477 e. The number of carbonyl (C=O) groups is 1. The highest BCUT2D eigenvalue weighted by Gasteiger charge is 2.16. The lowest BCUT2D eigenvalue weighted by atomic mass is 10.5. The summed E-state index contributed by atoms with van der Waals surface area (Å²) in [5, 5.41) is 14.0. The molecule has 0 aromatic heterocycles. The molecule has 0 atom stereocenters. The van der Waals surface area contributed by atoms with Crippen LogP contribution in [0.4, 0.5) is 0 Å². The molecule has 6 nitrogen and oxygen atoms in total. The Balaban J connectivity index is 4.67. The van der Waals surface area contributed by atoms with Gasteiger partial charge in [-0.1, -0.05) is 23.2 Å². The minimum absolute atomic E-state index is 0.230. The molecule has 0 aliphatic rings. The standard InChI is InChI=1S/C8H13Cl2N2O4PS/c1-3-15-17(18,16-4-2)12-11-5-6(9)7(10)8(13)14/h5H,3-4H2,1-2H3,(H,12,18)(H,13,14). The number of aliphatic carboxylic acids is 1. The molecule has 0 rings (SSSR count). The summed E-state index contributed by atoms with van der Waals surface area (Å²) >= 11 is 16.1. The smallest absolute Gasteiger partial charge is 0.348 e. The molecule has 0 bridgehead atoms. The van der Waals surface area contributed by atoms with Gasteiger partial charge in [0, 0.05) is 0 Å². The molecule has 18 heavy (non-hydrogen) atoms. The third-order valence-corrected chi connectivity index (χ3v) is 4.54. The highest BCUT2D eigenvalue weighted by Crippen LogP contribution is 2.43. The van der Waals surface area contributed by atoms with Crippen LogP contribution < -0.4 is 5.20 Å². The van der Waals surface area contributed by atoms with Crippen molar-refractivity contribution in [2.45, 2.75) is 13.8 Å². The zero-order chi connectivity index (χ0) is 14.2. The maximum Gasteiger partial charge on any atom is 0.348 e. The number of allylic oxidation sites excluding steroid dienone is 1. The second-order valence-electron chi connectivity index (χ2n) is 2.66. The van der Waals surface area contributed by atoms with E-state index >= 15 is 0 Å². The molecule has 0 amide bonds. The van der Waals surface area contributed by atoms with Crippen LogP contribution in [0.5, 0.6) is 0 Å². The second-order valence-corrected chi connectivity index (χ2v) is 6.60. The molecule has 10 heteroatoms. The normalized spacial score (nSPS) is 13.6. The summed E-state index contributed by atoms with van der Waals surface area (Å²) in [5.74, 6) is -1.35. The number of hydrogen-bond acceptors (Lipinski definition) is 5. The summed E-state index contributed by atoms with van der Waals surface area (Å²) in [6.07, 6.45) is 1.02. The monoisotopic (exact) mass is 334 g/mol. The first-order valence-corrected chi connectivity index (χ1v) is 8.23. The van der Waals surface area contributed by atoms with Crippen LogP contribution in [0, 0.1) is 0 Å². The molecular weight excluding hydrogens is 322 g/mol. The van der Waals surface area contributed by atoms with Crippen molar-refractivity contribution in [3.05, 3.63) is 10.1 Å². The van der Waals surface area contributed by atoms with Crippen molar-refractivity contribution < 1.29 is 18.9 Å². The van der Waals surface area contributed by atoms with E-state index in [1.807, 2.05) is 0 Å². The number of nitrogens with zero attached hydrogens (tertiary/aromatic N) is 1. The van der Waals surface area contributed by atoms with E-state index in [0.29, 0.717) is 13.2 Å². The van der Waals surface area contributed by atoms with Crippen LogP contribution in [0.3, 0.4) is 0 Å². The lowest BCUT2D eigenvalue weighted by molar-refractivity contribution is -0.131. The van der Waals surface area contributed by atoms with Gasteiger partial charge in [-0.3, -0.25) is 0 Å². The van der Waals surface area contributed by atoms with Gasteiger partial charge in [0.2, 0.25) is 0 Å². The number of hydrogen-bond donors (Lipinski definition) is 2. The number of halogens is 2. The Morgan fingerprint density at radius 3 is 2.33 bits per heavy atom. The van der Waals surface area contributed by atoms with E-state index in [0.717, 1.165) is 6.21 Å². The molecule has 0 saturated carbocycles. The van der Waals surface area contributed by atoms with Crippen molar-refractivity contribution in [1.29, 1.82) is 0 Å². The molecule has 0 aliphatic heterocycles. The molecule has 0 saturated heterocycles. The number of hydrazone groups is 1. The van der Waals surface area contributed by atoms with Crippen LogP contribution in [0.15, 0.2) is 15.2 Å². The van der Waals surface area contributed by atoms with Gasteiger partial charge >= 0.3 is 12.6 Å². The van der Waals surface area contributed by atoms with E-state index in [9.17, 15) is 4.79 Å². The summed E-state index contributed by atoms with van der Waals surface area (Å²) in [4.78, 5) is 10.5. The molecule has 0 aromatic rings. The maximum absolute atomic E-state index is 10.5. The van der Waals surface area contributed by atoms with Crippen LogP contribution in [0.2, 0.25) is 0 Å². The Morgan fingerprint density at radius 2 is 1.94 bits per heavy atom. The van der Waals surface area contributed by atoms with Gasteiger partial charge in [0.25, 0.3) is 0 Å². The SMILES string of the molecule is CCOP(=S)(NN=CC(Cl)=C(Cl)C(=O)O)OCC. The van der Waals surface area contributed by atoms with Gasteiger partial charge in [-0.2, -0.15) is 5.10 Å². The Morgan fingerprint density at radius 1 is 1.44 bits per heavy atom. The summed E-state index contributed by atoms with van der Waals surface area (Å²) in [6, 6.07) is 0. The van der Waals surface area contributed by atoms with Crippen molar-refractivity contribution in [2.24, 2.45) is 5.10 Å². The highest BCUT2D eigenvalue weighted by molar-refractivity contribution is 8.08. The van der Waals surface area contributed by atoms with Gasteiger partial charge in [-0.05, 0) is 25.7 Å². The lowest BCUT2D eigenvalue weighted by Gasteiger charge is -2.19. The fraction of sp³-hybridized carbons (Fsp3) is 0.500. The molecule has 0 unspecified atom stereocenters. The zero-order valence-corrected chi connectivity index (χ0v) is 12.9. The maximum atomic E-state index is 10.5. The van der Waals surface area contributed by atoms with E-state index in [1.54, 1.807) is 13.8 Å². The van der Waals surface area contributed by atoms with Crippen LogP contribution in [0.25, 0.3) is 0 Å². The first-order chi connectivity index (χ1) is 8.36. The van der Waals surface area contributed by atoms with Gasteiger partial charge < -0.3 is 14.2 Å². The Bertz CT molecular complexity index is 393. The average molecular weight is 335 g/mol. The van der Waals surface area contributed by atoms with Crippen LogP contribution in [0.1, 0.15) is 13.8 Å². The van der Waals surface area contributed by atoms with Crippen LogP contribution in [-0.4, -0.2) is 30.5 Å². The minimum atomic E-state index is -2.72. The molecule has 104 valence electrons. The van der Waals surface area contributed by atoms with Crippen LogP contribution in [-0.2, 0) is 25.6 Å². The van der Waals surface area contributed by atoms with Crippen molar-refractivity contribution in [2.75, 3.05) is 13.2 Å². The first-order valence-electron chi connectivity index (χ1n) is 4.84. The number of rotatable bonds is 8. The van der Waals surface area contributed by atoms with Crippen molar-refractivity contribution in [1.82, 2.24) is 5.20 Å². The van der Waals surface area contributed by atoms with E-state index < -0.39 is 17.6 Å². The lowest BCUT2D eigenvalue weighted by Crippen LogP contribution is -2.09. The molecule has 0 fully saturated rings. The Hall–Kier alpha value is -0.170. The molecular formula is C8H13Cl2N2O4PS. The topological polar surface area (TPSA) is 80.2 Å². The van der Waals surface area contributed by atoms with Crippen molar-refractivity contribution >= 4 is 53.8 Å². The zero-order valence-electron chi connectivity index (χ0n) is 9.72. The number of nitrogens with one attached hydrogen (secondary N) is 1. The summed E-state index contributed by atoms with van der Waals surface area (Å²) in [6.45, 7) is 1.53. The van der Waals surface area contributed by atoms with Gasteiger partial charge in [-0.15, -0.1) is 0 Å². The van der Waals surface area contributed by atoms with Crippen molar-refractivity contribution in [3.8, 4) is 0 Å². The predicted molar refractivity (Wildman–Crippen MR) is 75.5 cm³/mol. The molecule has 2 N–H and O–H groups in total. The molecule has 0 heterocycles. The van der Waals surface area contributed by atoms with Crippen molar-refractivity contribution in [3.63, 3.8) is 0 Å². The quantitative estimate of drug-likeness (QED) is 0.307. The van der Waals surface area contributed by atoms with Crippen LogP contribution >= 0.6 is 29.8 Å². The predicted octanol–water partition coefficient (Wildman–Crippen LogP) is 2.63. The second kappa shape index (κ2) is 8.85. The third-order valence-electron chi connectivity index (χ3n) is 1.35. The molecule has 0 spiro atoms. The molecule has 0 radical (unpaired) electrons. The number of carboxylic acids is 1. The fourth-order valence-corrected chi connectivity index (χ4v) is 2.77. The highest BCUT2D eigenvalue weighted by atomic mass is 35.5. The number of carboxylic acid groups (broad SMARTS) is 1. The van der Waals surface area contributed by atoms with E-state index in [1.165, 1.54) is 0 Å². The van der Waals surface area contributed by atoms with E-state index in [-0.39, 0.29) is 5.03 Å². The van der Waals surface area contributed by atoms with Gasteiger partial charge in [0.1, 0.15) is 5.03 Å². The Labute approximate surface area is 120 Å². The molecule has 0 aromatic carbocycles. The Kier molecular flexibility index (Phi) is 8.77. The fourth-order valence-electron chi connectivity index (χ4n) is 0.750. The van der Waals surface area contributed by atoms with E-state index in [2.05, 4.69) is 10.3 Å². The van der Waals surface area contributed by atoms with E-state index in [4.69, 9.17) is 49.2 Å². The first kappa shape index (κ1) is 17.8. The average Bonchev–Trinajstić information content (AvgIpc) is 2.28. The van der Waals surface area contributed by atoms with Gasteiger partial charge in [-0.25, -0.2) is 9.99 Å². The van der Waals surface area contributed by atoms with Gasteiger partial charge in [0.15, 0.2) is 0 Å². The third kappa shape index (κ3) is 6.68. The summed E-state index contributed by atoms with van der Waals surface area (Å²) in [7, 11) is 0. The summed E-state index contributed by atoms with van der Waals surface area (Å²) in [5.41, 5.74) is 0. The largest absolute Gasteiger partial charge is 0.477 e. The van der Waals surface area contributed by atoms with Gasteiger partial charge in [0.05, 0.1) is 24.5 Å². The molecule has 0 aliphatic carbocycles.